The van der Waals surface area contributed by atoms with Crippen LogP contribution in [-0.2, 0) is 8.98 Å². The molecule has 0 bridgehead atoms. The quantitative estimate of drug-likeness (QED) is 0.289. The average molecular weight is 376 g/mol. The van der Waals surface area contributed by atoms with Gasteiger partial charge in [0.25, 0.3) is 0 Å². The van der Waals surface area contributed by atoms with Gasteiger partial charge in [0.1, 0.15) is 18.3 Å². The van der Waals surface area contributed by atoms with Crippen molar-refractivity contribution in [2.24, 2.45) is 10.8 Å². The van der Waals surface area contributed by atoms with Crippen LogP contribution in [0.5, 0.6) is 0 Å². The van der Waals surface area contributed by atoms with Gasteiger partial charge in [-0.2, -0.15) is 0 Å². The molecule has 0 aromatic rings. The highest BCUT2D eigenvalue weighted by molar-refractivity contribution is 7.92. The lowest BCUT2D eigenvalue weighted by Crippen LogP contribution is -2.50. The largest absolute Gasteiger partial charge is 0.388 e. The lowest BCUT2D eigenvalue weighted by Gasteiger charge is -2.38. The normalized spacial score (nSPS) is 22.6. The summed E-state index contributed by atoms with van der Waals surface area (Å²) >= 11 is 1.02. The number of carbonyl (C=O) groups excluding carboxylic acids is 1. The van der Waals surface area contributed by atoms with Crippen LogP contribution in [0, 0.1) is 10.8 Å². The standard InChI is InChI=1S/C19H34FNO3S/c1-18(2,3)17(23)21-15(16(22)14-24-25-21)10-12-19(4,5)11-8-6-7-9-13-20/h10,12,15-16,22H,6-9,11,13-14H2,1-5H3/b12-10+. The highest BCUT2D eigenvalue weighted by Gasteiger charge is 2.38. The SMILES string of the molecule is CC(C)(/C=C/C1C(O)COSN1C(=O)C(C)(C)C)CCCCCCF. The fourth-order valence-corrected chi connectivity index (χ4v) is 3.60. The summed E-state index contributed by atoms with van der Waals surface area (Å²) in [7, 11) is 0. The maximum atomic E-state index is 12.6. The smallest absolute Gasteiger partial charge is 0.240 e. The third-order valence-electron chi connectivity index (χ3n) is 4.33. The number of rotatable bonds is 8. The predicted molar refractivity (Wildman–Crippen MR) is 102 cm³/mol. The van der Waals surface area contributed by atoms with Crippen molar-refractivity contribution in [1.82, 2.24) is 4.31 Å². The van der Waals surface area contributed by atoms with Crippen molar-refractivity contribution in [3.8, 4) is 0 Å². The summed E-state index contributed by atoms with van der Waals surface area (Å²) in [5.41, 5.74) is -0.569. The van der Waals surface area contributed by atoms with E-state index in [2.05, 4.69) is 19.9 Å². The molecule has 2 unspecified atom stereocenters. The Balaban J connectivity index is 2.70. The first-order valence-corrected chi connectivity index (χ1v) is 9.85. The van der Waals surface area contributed by atoms with E-state index in [1.807, 2.05) is 26.8 Å². The number of aliphatic hydroxyl groups excluding tert-OH is 1. The van der Waals surface area contributed by atoms with Gasteiger partial charge in [0, 0.05) is 5.41 Å². The van der Waals surface area contributed by atoms with Crippen LogP contribution < -0.4 is 0 Å². The molecule has 146 valence electrons. The Hall–Kier alpha value is -0.590. The molecule has 0 aliphatic carbocycles. The van der Waals surface area contributed by atoms with E-state index in [0.29, 0.717) is 6.42 Å². The molecule has 1 saturated heterocycles. The molecule has 2 atom stereocenters. The summed E-state index contributed by atoms with van der Waals surface area (Å²) < 4.78 is 19.0. The van der Waals surface area contributed by atoms with Gasteiger partial charge in [-0.3, -0.25) is 17.7 Å². The molecule has 25 heavy (non-hydrogen) atoms. The van der Waals surface area contributed by atoms with Crippen molar-refractivity contribution in [2.45, 2.75) is 78.9 Å². The van der Waals surface area contributed by atoms with E-state index in [4.69, 9.17) is 4.18 Å². The van der Waals surface area contributed by atoms with Gasteiger partial charge < -0.3 is 5.11 Å². The van der Waals surface area contributed by atoms with Crippen LogP contribution in [-0.4, -0.2) is 40.7 Å². The summed E-state index contributed by atoms with van der Waals surface area (Å²) in [6.07, 6.45) is 7.94. The fourth-order valence-electron chi connectivity index (χ4n) is 2.64. The van der Waals surface area contributed by atoms with E-state index in [0.717, 1.165) is 37.9 Å². The monoisotopic (exact) mass is 375 g/mol. The second kappa shape index (κ2) is 9.93. The molecule has 1 N–H and O–H groups in total. The number of hydrogen-bond acceptors (Lipinski definition) is 4. The molecule has 0 radical (unpaired) electrons. The molecule has 0 spiro atoms. The Morgan fingerprint density at radius 3 is 2.48 bits per heavy atom. The zero-order valence-corrected chi connectivity index (χ0v) is 17.1. The van der Waals surface area contributed by atoms with E-state index in [1.54, 1.807) is 4.31 Å². The van der Waals surface area contributed by atoms with Crippen LogP contribution in [0.25, 0.3) is 0 Å². The first-order chi connectivity index (χ1) is 11.6. The van der Waals surface area contributed by atoms with Crippen molar-refractivity contribution in [3.63, 3.8) is 0 Å². The number of alkyl halides is 1. The zero-order chi connectivity index (χ0) is 19.1. The average Bonchev–Trinajstić information content (AvgIpc) is 2.51. The van der Waals surface area contributed by atoms with Crippen molar-refractivity contribution in [1.29, 1.82) is 0 Å². The van der Waals surface area contributed by atoms with Crippen LogP contribution in [0.1, 0.15) is 66.7 Å². The molecule has 0 saturated carbocycles. The Bertz CT molecular complexity index is 448. The molecule has 1 amide bonds. The number of nitrogens with zero attached hydrogens (tertiary/aromatic N) is 1. The highest BCUT2D eigenvalue weighted by Crippen LogP contribution is 2.33. The first-order valence-electron chi connectivity index (χ1n) is 9.15. The number of allylic oxidation sites excluding steroid dienone is 1. The Labute approximate surface area is 156 Å². The summed E-state index contributed by atoms with van der Waals surface area (Å²) in [6.45, 7) is 9.84. The van der Waals surface area contributed by atoms with E-state index in [-0.39, 0.29) is 24.6 Å². The minimum absolute atomic E-state index is 0.0329. The number of unbranched alkanes of at least 4 members (excludes halogenated alkanes) is 3. The van der Waals surface area contributed by atoms with Gasteiger partial charge >= 0.3 is 0 Å². The Kier molecular flexibility index (Phi) is 8.92. The molecule has 0 aromatic heterocycles. The highest BCUT2D eigenvalue weighted by atomic mass is 32.2. The summed E-state index contributed by atoms with van der Waals surface area (Å²) in [5, 5.41) is 10.3. The van der Waals surface area contributed by atoms with Crippen LogP contribution in [0.4, 0.5) is 4.39 Å². The molecule has 1 aliphatic rings. The summed E-state index contributed by atoms with van der Waals surface area (Å²) in [5.74, 6) is -0.0603. The van der Waals surface area contributed by atoms with Crippen LogP contribution in [0.2, 0.25) is 0 Å². The van der Waals surface area contributed by atoms with E-state index in [1.165, 1.54) is 0 Å². The Morgan fingerprint density at radius 2 is 1.88 bits per heavy atom. The van der Waals surface area contributed by atoms with E-state index >= 15 is 0 Å². The molecule has 6 heteroatoms. The van der Waals surface area contributed by atoms with E-state index in [9.17, 15) is 14.3 Å². The van der Waals surface area contributed by atoms with Crippen molar-refractivity contribution in [2.75, 3.05) is 13.3 Å². The molecule has 4 nitrogen and oxygen atoms in total. The van der Waals surface area contributed by atoms with Crippen molar-refractivity contribution in [3.05, 3.63) is 12.2 Å². The molecule has 1 fully saturated rings. The second-order valence-corrected chi connectivity index (χ2v) is 9.28. The number of carbonyl (C=O) groups is 1. The maximum Gasteiger partial charge on any atom is 0.240 e. The van der Waals surface area contributed by atoms with Crippen LogP contribution >= 0.6 is 12.2 Å². The zero-order valence-electron chi connectivity index (χ0n) is 16.3. The molecular weight excluding hydrogens is 341 g/mol. The van der Waals surface area contributed by atoms with Crippen molar-refractivity contribution >= 4 is 18.1 Å². The van der Waals surface area contributed by atoms with Gasteiger partial charge in [-0.05, 0) is 18.3 Å². The topological polar surface area (TPSA) is 49.8 Å². The molecule has 1 aliphatic heterocycles. The number of hydrogen-bond donors (Lipinski definition) is 1. The number of halogens is 1. The maximum absolute atomic E-state index is 12.6. The van der Waals surface area contributed by atoms with Gasteiger partial charge in [0.2, 0.25) is 5.91 Å². The fraction of sp³-hybridized carbons (Fsp3) is 0.842. The second-order valence-electron chi connectivity index (χ2n) is 8.50. The third-order valence-corrected chi connectivity index (χ3v) is 5.14. The molecule has 0 aromatic carbocycles. The number of amides is 1. The molecule has 1 rings (SSSR count). The van der Waals surface area contributed by atoms with Gasteiger partial charge in [-0.15, -0.1) is 0 Å². The lowest BCUT2D eigenvalue weighted by atomic mass is 9.85. The van der Waals surface area contributed by atoms with Crippen LogP contribution in [0.15, 0.2) is 12.2 Å². The van der Waals surface area contributed by atoms with Gasteiger partial charge in [0.05, 0.1) is 19.3 Å². The molecular formula is C19H34FNO3S. The molecule has 1 heterocycles. The first kappa shape index (κ1) is 22.5. The minimum atomic E-state index is -0.732. The third kappa shape index (κ3) is 7.67. The van der Waals surface area contributed by atoms with Crippen LogP contribution in [0.3, 0.4) is 0 Å². The summed E-state index contributed by atoms with van der Waals surface area (Å²) in [4.78, 5) is 12.6. The Morgan fingerprint density at radius 1 is 1.24 bits per heavy atom. The van der Waals surface area contributed by atoms with Gasteiger partial charge in [-0.1, -0.05) is 66.0 Å². The van der Waals surface area contributed by atoms with Gasteiger partial charge in [0.15, 0.2) is 0 Å². The lowest BCUT2D eigenvalue weighted by molar-refractivity contribution is -0.138. The van der Waals surface area contributed by atoms with Gasteiger partial charge in [-0.25, -0.2) is 0 Å². The number of aliphatic hydroxyl groups is 1. The predicted octanol–water partition coefficient (Wildman–Crippen LogP) is 4.69. The van der Waals surface area contributed by atoms with Crippen molar-refractivity contribution < 1.29 is 18.5 Å². The minimum Gasteiger partial charge on any atom is -0.388 e. The van der Waals surface area contributed by atoms with E-state index < -0.39 is 17.6 Å². The summed E-state index contributed by atoms with van der Waals surface area (Å²) in [6, 6.07) is -0.392.